The molecule has 38 heavy (non-hydrogen) atoms. The molecule has 1 aliphatic heterocycles. The number of Topliss-reactive ketones (excluding diaryl/α,β-unsaturated/α-hetero) is 1. The number of ketones is 1. The molecule has 1 saturated heterocycles. The maximum absolute atomic E-state index is 13.3. The Morgan fingerprint density at radius 2 is 1.74 bits per heavy atom. The molecule has 1 atom stereocenters. The molecule has 7 nitrogen and oxygen atoms in total. The molecule has 1 amide bonds. The van der Waals surface area contributed by atoms with Gasteiger partial charge in [-0.1, -0.05) is 56.3 Å². The van der Waals surface area contributed by atoms with Crippen molar-refractivity contribution < 1.29 is 28.9 Å². The normalized spacial score (nSPS) is 16.8. The molecule has 3 aromatic carbocycles. The van der Waals surface area contributed by atoms with Crippen molar-refractivity contribution in [3.63, 3.8) is 0 Å². The SMILES string of the molecule is COCCN1C(=O)C(=O)/C(=C(/O)c2ccc(OC)c(C(C)C)c2)C1c1cccc(OCc2ccccc2)c1. The van der Waals surface area contributed by atoms with Gasteiger partial charge in [-0.3, -0.25) is 9.59 Å². The number of nitrogens with zero attached hydrogens (tertiary/aromatic N) is 1. The van der Waals surface area contributed by atoms with E-state index >= 15 is 0 Å². The van der Waals surface area contributed by atoms with Crippen molar-refractivity contribution in [1.29, 1.82) is 0 Å². The number of benzene rings is 3. The lowest BCUT2D eigenvalue weighted by Crippen LogP contribution is -2.32. The fourth-order valence-corrected chi connectivity index (χ4v) is 4.65. The summed E-state index contributed by atoms with van der Waals surface area (Å²) in [7, 11) is 3.13. The van der Waals surface area contributed by atoms with Gasteiger partial charge in [0.1, 0.15) is 23.9 Å². The van der Waals surface area contributed by atoms with Gasteiger partial charge in [-0.25, -0.2) is 0 Å². The summed E-state index contributed by atoms with van der Waals surface area (Å²) >= 11 is 0. The second-order valence-corrected chi connectivity index (χ2v) is 9.44. The zero-order chi connectivity index (χ0) is 27.2. The number of aliphatic hydroxyl groups is 1. The monoisotopic (exact) mass is 515 g/mol. The fourth-order valence-electron chi connectivity index (χ4n) is 4.65. The first kappa shape index (κ1) is 26.9. The molecule has 3 aromatic rings. The van der Waals surface area contributed by atoms with Gasteiger partial charge in [-0.15, -0.1) is 0 Å². The van der Waals surface area contributed by atoms with Crippen LogP contribution in [0.2, 0.25) is 0 Å². The highest BCUT2D eigenvalue weighted by Gasteiger charge is 2.46. The summed E-state index contributed by atoms with van der Waals surface area (Å²) in [5.74, 6) is -0.237. The van der Waals surface area contributed by atoms with Crippen molar-refractivity contribution in [2.24, 2.45) is 0 Å². The second-order valence-electron chi connectivity index (χ2n) is 9.44. The van der Waals surface area contributed by atoms with Crippen LogP contribution in [0.4, 0.5) is 0 Å². The third-order valence-corrected chi connectivity index (χ3v) is 6.62. The van der Waals surface area contributed by atoms with E-state index in [0.717, 1.165) is 11.1 Å². The number of amides is 1. The molecular formula is C31H33NO6. The smallest absolute Gasteiger partial charge is 0.295 e. The average molecular weight is 516 g/mol. The van der Waals surface area contributed by atoms with Gasteiger partial charge in [0.25, 0.3) is 11.7 Å². The van der Waals surface area contributed by atoms with Crippen molar-refractivity contribution in [2.45, 2.75) is 32.4 Å². The number of likely N-dealkylation sites (tertiary alicyclic amines) is 1. The Labute approximate surface area is 223 Å². The van der Waals surface area contributed by atoms with Crippen LogP contribution >= 0.6 is 0 Å². The Morgan fingerprint density at radius 3 is 2.42 bits per heavy atom. The Hall–Kier alpha value is -4.10. The van der Waals surface area contributed by atoms with Crippen LogP contribution < -0.4 is 9.47 Å². The first-order chi connectivity index (χ1) is 18.3. The molecule has 0 aliphatic carbocycles. The van der Waals surface area contributed by atoms with Gasteiger partial charge in [-0.2, -0.15) is 0 Å². The minimum atomic E-state index is -0.796. The van der Waals surface area contributed by atoms with Gasteiger partial charge in [0.15, 0.2) is 0 Å². The molecule has 1 heterocycles. The molecule has 1 aliphatic rings. The van der Waals surface area contributed by atoms with Gasteiger partial charge < -0.3 is 24.2 Å². The first-order valence-electron chi connectivity index (χ1n) is 12.6. The molecule has 0 radical (unpaired) electrons. The number of hydrogen-bond donors (Lipinski definition) is 1. The molecule has 7 heteroatoms. The second kappa shape index (κ2) is 12.0. The minimum absolute atomic E-state index is 0.0335. The summed E-state index contributed by atoms with van der Waals surface area (Å²) in [6.07, 6.45) is 0. The molecule has 1 fully saturated rings. The molecule has 198 valence electrons. The number of carbonyl (C=O) groups excluding carboxylic acids is 2. The fraction of sp³-hybridized carbons (Fsp3) is 0.290. The van der Waals surface area contributed by atoms with Crippen LogP contribution in [0, 0.1) is 0 Å². The van der Waals surface area contributed by atoms with Gasteiger partial charge in [-0.05, 0) is 52.9 Å². The number of aliphatic hydroxyl groups excluding tert-OH is 1. The van der Waals surface area contributed by atoms with E-state index in [1.54, 1.807) is 31.4 Å². The van der Waals surface area contributed by atoms with E-state index in [9.17, 15) is 14.7 Å². The third-order valence-electron chi connectivity index (χ3n) is 6.62. The van der Waals surface area contributed by atoms with Crippen LogP contribution in [-0.4, -0.2) is 49.1 Å². The average Bonchev–Trinajstić information content (AvgIpc) is 3.19. The molecule has 0 bridgehead atoms. The standard InChI is InChI=1S/C31H33NO6/c1-20(2)25-18-23(13-14-26(25)37-4)29(33)27-28(32(15-16-36-3)31(35)30(27)34)22-11-8-12-24(17-22)38-19-21-9-6-5-7-10-21/h5-14,17-18,20,28,33H,15-16,19H2,1-4H3/b29-27+. The Morgan fingerprint density at radius 1 is 0.974 bits per heavy atom. The Kier molecular flexibility index (Phi) is 8.48. The van der Waals surface area contributed by atoms with Crippen molar-refractivity contribution in [3.05, 3.63) is 101 Å². The van der Waals surface area contributed by atoms with Crippen molar-refractivity contribution in [1.82, 2.24) is 4.90 Å². The summed E-state index contributed by atoms with van der Waals surface area (Å²) in [5.41, 5.74) is 3.04. The van der Waals surface area contributed by atoms with E-state index < -0.39 is 17.7 Å². The predicted molar refractivity (Wildman–Crippen MR) is 145 cm³/mol. The van der Waals surface area contributed by atoms with E-state index in [-0.39, 0.29) is 30.4 Å². The van der Waals surface area contributed by atoms with Crippen molar-refractivity contribution in [3.8, 4) is 11.5 Å². The zero-order valence-electron chi connectivity index (χ0n) is 22.1. The van der Waals surface area contributed by atoms with Crippen LogP contribution in [0.3, 0.4) is 0 Å². The van der Waals surface area contributed by atoms with Gasteiger partial charge in [0.2, 0.25) is 0 Å². The van der Waals surface area contributed by atoms with E-state index in [1.165, 1.54) is 12.0 Å². The molecule has 0 spiro atoms. The molecule has 0 aromatic heterocycles. The molecule has 1 N–H and O–H groups in total. The number of ether oxygens (including phenoxy) is 3. The van der Waals surface area contributed by atoms with Crippen LogP contribution in [0.25, 0.3) is 5.76 Å². The number of hydrogen-bond acceptors (Lipinski definition) is 6. The van der Waals surface area contributed by atoms with Gasteiger partial charge >= 0.3 is 0 Å². The maximum atomic E-state index is 13.3. The van der Waals surface area contributed by atoms with E-state index in [1.807, 2.05) is 62.4 Å². The Bertz CT molecular complexity index is 1330. The van der Waals surface area contributed by atoms with E-state index in [4.69, 9.17) is 14.2 Å². The summed E-state index contributed by atoms with van der Waals surface area (Å²) < 4.78 is 16.7. The Balaban J connectivity index is 1.77. The lowest BCUT2D eigenvalue weighted by atomic mass is 9.93. The first-order valence-corrected chi connectivity index (χ1v) is 12.6. The predicted octanol–water partition coefficient (Wildman–Crippen LogP) is 5.47. The number of methoxy groups -OCH3 is 2. The van der Waals surface area contributed by atoms with Crippen LogP contribution in [0.5, 0.6) is 11.5 Å². The topological polar surface area (TPSA) is 85.3 Å². The quantitative estimate of drug-likeness (QED) is 0.219. The summed E-state index contributed by atoms with van der Waals surface area (Å²) in [5, 5.41) is 11.5. The highest BCUT2D eigenvalue weighted by Crippen LogP contribution is 2.41. The van der Waals surface area contributed by atoms with Gasteiger partial charge in [0.05, 0.1) is 25.3 Å². The van der Waals surface area contributed by atoms with Crippen LogP contribution in [0.15, 0.2) is 78.4 Å². The summed E-state index contributed by atoms with van der Waals surface area (Å²) in [4.78, 5) is 27.9. The largest absolute Gasteiger partial charge is 0.507 e. The molecular weight excluding hydrogens is 482 g/mol. The number of rotatable bonds is 10. The highest BCUT2D eigenvalue weighted by molar-refractivity contribution is 6.46. The van der Waals surface area contributed by atoms with Crippen LogP contribution in [0.1, 0.15) is 48.1 Å². The van der Waals surface area contributed by atoms with Gasteiger partial charge in [0, 0.05) is 19.2 Å². The van der Waals surface area contributed by atoms with Crippen molar-refractivity contribution >= 4 is 17.4 Å². The van der Waals surface area contributed by atoms with E-state index in [0.29, 0.717) is 29.2 Å². The van der Waals surface area contributed by atoms with Crippen molar-refractivity contribution in [2.75, 3.05) is 27.4 Å². The van der Waals surface area contributed by atoms with E-state index in [2.05, 4.69) is 0 Å². The summed E-state index contributed by atoms with van der Waals surface area (Å²) in [6.45, 7) is 4.85. The number of carbonyl (C=O) groups is 2. The molecule has 1 unspecified atom stereocenters. The zero-order valence-corrected chi connectivity index (χ0v) is 22.1. The summed E-state index contributed by atoms with van der Waals surface area (Å²) in [6, 6.07) is 21.5. The minimum Gasteiger partial charge on any atom is -0.507 e. The highest BCUT2D eigenvalue weighted by atomic mass is 16.5. The lowest BCUT2D eigenvalue weighted by molar-refractivity contribution is -0.140. The van der Waals surface area contributed by atoms with Crippen LogP contribution in [-0.2, 0) is 20.9 Å². The maximum Gasteiger partial charge on any atom is 0.295 e. The molecule has 0 saturated carbocycles. The molecule has 4 rings (SSSR count). The lowest BCUT2D eigenvalue weighted by Gasteiger charge is -2.25. The third kappa shape index (κ3) is 5.58.